The highest BCUT2D eigenvalue weighted by molar-refractivity contribution is 5.44. The van der Waals surface area contributed by atoms with Crippen molar-refractivity contribution in [3.8, 4) is 5.75 Å². The van der Waals surface area contributed by atoms with Crippen LogP contribution in [-0.2, 0) is 10.8 Å². The zero-order valence-corrected chi connectivity index (χ0v) is 15.0. The van der Waals surface area contributed by atoms with Crippen molar-refractivity contribution in [1.82, 2.24) is 0 Å². The Bertz CT molecular complexity index is 443. The van der Waals surface area contributed by atoms with Gasteiger partial charge in [0.15, 0.2) is 0 Å². The molecule has 0 aromatic heterocycles. The first kappa shape index (κ1) is 18.1. The summed E-state index contributed by atoms with van der Waals surface area (Å²) in [6.45, 7) is 17.8. The van der Waals surface area contributed by atoms with Crippen LogP contribution >= 0.6 is 0 Å². The van der Waals surface area contributed by atoms with Crippen molar-refractivity contribution in [1.29, 1.82) is 0 Å². The van der Waals surface area contributed by atoms with E-state index in [0.29, 0.717) is 0 Å². The number of hydrogen-bond acceptors (Lipinski definition) is 1. The Balaban J connectivity index is 3.20. The first-order chi connectivity index (χ1) is 9.78. The van der Waals surface area contributed by atoms with Gasteiger partial charge in [-0.2, -0.15) is 0 Å². The monoisotopic (exact) mass is 289 g/mol. The van der Waals surface area contributed by atoms with Crippen molar-refractivity contribution in [2.75, 3.05) is 0 Å². The van der Waals surface area contributed by atoms with Gasteiger partial charge in [-0.25, -0.2) is 0 Å². The molecular formula is C20H33O. The molecule has 0 unspecified atom stereocenters. The summed E-state index contributed by atoms with van der Waals surface area (Å²) in [5.41, 5.74) is 3.08. The van der Waals surface area contributed by atoms with E-state index in [-0.39, 0.29) is 10.8 Å². The maximum absolute atomic E-state index is 5.94. The van der Waals surface area contributed by atoms with Gasteiger partial charge in [-0.1, -0.05) is 67.0 Å². The molecule has 0 bridgehead atoms. The van der Waals surface area contributed by atoms with Gasteiger partial charge in [0.05, 0.1) is 0 Å². The molecule has 0 aliphatic rings. The normalized spacial score (nSPS) is 12.5. The SMILES string of the molecule is CCC[CH]Oc1ccc(C(C)(C)CC)cc1C(C)(C)CC. The predicted molar refractivity (Wildman–Crippen MR) is 92.9 cm³/mol. The van der Waals surface area contributed by atoms with Crippen LogP contribution in [0.3, 0.4) is 0 Å². The van der Waals surface area contributed by atoms with Gasteiger partial charge in [0.2, 0.25) is 0 Å². The van der Waals surface area contributed by atoms with E-state index in [1.54, 1.807) is 0 Å². The summed E-state index contributed by atoms with van der Waals surface area (Å²) < 4.78 is 5.94. The second-order valence-electron chi connectivity index (χ2n) is 7.26. The summed E-state index contributed by atoms with van der Waals surface area (Å²) in [6, 6.07) is 6.75. The largest absolute Gasteiger partial charge is 0.486 e. The Labute approximate surface area is 132 Å². The minimum atomic E-state index is 0.134. The smallest absolute Gasteiger partial charge is 0.135 e. The van der Waals surface area contributed by atoms with Gasteiger partial charge >= 0.3 is 0 Å². The molecule has 119 valence electrons. The van der Waals surface area contributed by atoms with Crippen molar-refractivity contribution >= 4 is 0 Å². The first-order valence-corrected chi connectivity index (χ1v) is 8.41. The van der Waals surface area contributed by atoms with Gasteiger partial charge < -0.3 is 4.74 Å². The Kier molecular flexibility index (Phi) is 6.31. The van der Waals surface area contributed by atoms with Crippen molar-refractivity contribution in [2.24, 2.45) is 0 Å². The Morgan fingerprint density at radius 2 is 1.57 bits per heavy atom. The number of hydrogen-bond donors (Lipinski definition) is 0. The second kappa shape index (κ2) is 7.33. The molecule has 1 heteroatoms. The van der Waals surface area contributed by atoms with E-state index in [1.165, 1.54) is 11.1 Å². The van der Waals surface area contributed by atoms with E-state index in [4.69, 9.17) is 4.74 Å². The van der Waals surface area contributed by atoms with E-state index in [1.807, 2.05) is 6.61 Å². The fourth-order valence-electron chi connectivity index (χ4n) is 2.24. The highest BCUT2D eigenvalue weighted by Crippen LogP contribution is 2.38. The lowest BCUT2D eigenvalue weighted by Gasteiger charge is -2.30. The molecule has 0 amide bonds. The summed E-state index contributed by atoms with van der Waals surface area (Å²) in [5, 5.41) is 0. The highest BCUT2D eigenvalue weighted by atomic mass is 16.5. The van der Waals surface area contributed by atoms with Crippen LogP contribution < -0.4 is 4.74 Å². The molecule has 1 aromatic carbocycles. The lowest BCUT2D eigenvalue weighted by molar-refractivity contribution is 0.369. The molecule has 1 rings (SSSR count). The molecule has 1 aromatic rings. The molecule has 21 heavy (non-hydrogen) atoms. The van der Waals surface area contributed by atoms with Crippen molar-refractivity contribution in [3.05, 3.63) is 35.9 Å². The van der Waals surface area contributed by atoms with Gasteiger partial charge in [0.25, 0.3) is 0 Å². The zero-order valence-electron chi connectivity index (χ0n) is 15.0. The molecule has 1 nitrogen and oxygen atoms in total. The number of rotatable bonds is 8. The molecule has 0 fully saturated rings. The summed E-state index contributed by atoms with van der Waals surface area (Å²) in [4.78, 5) is 0. The van der Waals surface area contributed by atoms with Crippen LogP contribution in [0, 0.1) is 6.61 Å². The highest BCUT2D eigenvalue weighted by Gasteiger charge is 2.26. The van der Waals surface area contributed by atoms with Crippen molar-refractivity contribution in [2.45, 2.75) is 85.0 Å². The fraction of sp³-hybridized carbons (Fsp3) is 0.650. The molecule has 0 heterocycles. The molecule has 0 saturated carbocycles. The summed E-state index contributed by atoms with van der Waals surface area (Å²) in [5.74, 6) is 1.02. The third-order valence-electron chi connectivity index (χ3n) is 4.87. The standard InChI is InChI=1S/C20H33O/c1-8-11-14-21-18-13-12-16(19(4,5)9-2)15-17(18)20(6,7)10-3/h12-15H,8-11H2,1-7H3. The van der Waals surface area contributed by atoms with Crippen LogP contribution in [0.4, 0.5) is 0 Å². The Morgan fingerprint density at radius 3 is 2.10 bits per heavy atom. The molecule has 0 aliphatic heterocycles. The molecule has 0 saturated heterocycles. The quantitative estimate of drug-likeness (QED) is 0.503. The lowest BCUT2D eigenvalue weighted by atomic mass is 9.76. The maximum Gasteiger partial charge on any atom is 0.135 e. The van der Waals surface area contributed by atoms with Gasteiger partial charge in [-0.15, -0.1) is 0 Å². The fourth-order valence-corrected chi connectivity index (χ4v) is 2.24. The zero-order chi connectivity index (χ0) is 16.1. The number of unbranched alkanes of at least 4 members (excludes halogenated alkanes) is 1. The maximum atomic E-state index is 5.94. The molecule has 0 atom stereocenters. The lowest BCUT2D eigenvalue weighted by Crippen LogP contribution is -2.21. The molecule has 0 spiro atoms. The average Bonchev–Trinajstić information content (AvgIpc) is 2.47. The van der Waals surface area contributed by atoms with Crippen molar-refractivity contribution < 1.29 is 4.74 Å². The minimum absolute atomic E-state index is 0.134. The van der Waals surface area contributed by atoms with Crippen LogP contribution in [0.5, 0.6) is 5.75 Å². The topological polar surface area (TPSA) is 9.23 Å². The first-order valence-electron chi connectivity index (χ1n) is 8.41. The Hall–Kier alpha value is -0.980. The molecular weight excluding hydrogens is 256 g/mol. The van der Waals surface area contributed by atoms with Crippen LogP contribution in [-0.4, -0.2) is 0 Å². The number of ether oxygens (including phenoxy) is 1. The van der Waals surface area contributed by atoms with E-state index in [9.17, 15) is 0 Å². The van der Waals surface area contributed by atoms with Gasteiger partial charge in [0, 0.05) is 5.56 Å². The summed E-state index contributed by atoms with van der Waals surface area (Å²) in [7, 11) is 0. The van der Waals surface area contributed by atoms with Gasteiger partial charge in [0.1, 0.15) is 12.4 Å². The van der Waals surface area contributed by atoms with Crippen LogP contribution in [0.15, 0.2) is 18.2 Å². The third-order valence-corrected chi connectivity index (χ3v) is 4.87. The predicted octanol–water partition coefficient (Wildman–Crippen LogP) is 6.40. The van der Waals surface area contributed by atoms with E-state index >= 15 is 0 Å². The van der Waals surface area contributed by atoms with E-state index in [0.717, 1.165) is 31.4 Å². The van der Waals surface area contributed by atoms with Crippen molar-refractivity contribution in [3.63, 3.8) is 0 Å². The van der Waals surface area contributed by atoms with Crippen LogP contribution in [0.2, 0.25) is 0 Å². The molecule has 1 radical (unpaired) electrons. The summed E-state index contributed by atoms with van der Waals surface area (Å²) in [6.07, 6.45) is 4.36. The summed E-state index contributed by atoms with van der Waals surface area (Å²) >= 11 is 0. The number of benzene rings is 1. The van der Waals surface area contributed by atoms with Gasteiger partial charge in [-0.05, 0) is 41.7 Å². The van der Waals surface area contributed by atoms with Gasteiger partial charge in [-0.3, -0.25) is 0 Å². The molecule has 0 N–H and O–H groups in total. The van der Waals surface area contributed by atoms with E-state index < -0.39 is 0 Å². The Morgan fingerprint density at radius 1 is 0.952 bits per heavy atom. The van der Waals surface area contributed by atoms with E-state index in [2.05, 4.69) is 66.7 Å². The molecule has 0 aliphatic carbocycles. The van der Waals surface area contributed by atoms with Crippen LogP contribution in [0.25, 0.3) is 0 Å². The average molecular weight is 289 g/mol. The minimum Gasteiger partial charge on any atom is -0.486 e. The second-order valence-corrected chi connectivity index (χ2v) is 7.26. The van der Waals surface area contributed by atoms with Crippen LogP contribution in [0.1, 0.15) is 85.3 Å². The third kappa shape index (κ3) is 4.49.